The van der Waals surface area contributed by atoms with Crippen molar-refractivity contribution < 1.29 is 9.18 Å². The molecule has 0 unspecified atom stereocenters. The van der Waals surface area contributed by atoms with E-state index < -0.39 is 0 Å². The molecule has 1 amide bonds. The molecule has 0 aliphatic carbocycles. The Morgan fingerprint density at radius 1 is 1.45 bits per heavy atom. The number of nitrogens with two attached hydrogens (primary N) is 1. The predicted octanol–water partition coefficient (Wildman–Crippen LogP) is 2.57. The number of rotatable bonds is 4. The van der Waals surface area contributed by atoms with E-state index in [0.717, 1.165) is 0 Å². The Bertz CT molecular complexity index is 611. The maximum absolute atomic E-state index is 13.0. The van der Waals surface area contributed by atoms with E-state index >= 15 is 0 Å². The lowest BCUT2D eigenvalue weighted by Gasteiger charge is -2.20. The summed E-state index contributed by atoms with van der Waals surface area (Å²) in [5.41, 5.74) is 6.39. The summed E-state index contributed by atoms with van der Waals surface area (Å²) in [7, 11) is 1.71. The summed E-state index contributed by atoms with van der Waals surface area (Å²) in [4.78, 5) is 18.5. The monoisotopic (exact) mass is 294 g/mol. The molecule has 0 aliphatic rings. The summed E-state index contributed by atoms with van der Waals surface area (Å²) in [6.07, 6.45) is 0. The summed E-state index contributed by atoms with van der Waals surface area (Å²) in [5.74, 6) is -0.382. The van der Waals surface area contributed by atoms with Gasteiger partial charge in [-0.2, -0.15) is 0 Å². The zero-order chi connectivity index (χ0) is 14.7. The van der Waals surface area contributed by atoms with Gasteiger partial charge in [-0.3, -0.25) is 4.79 Å². The van der Waals surface area contributed by atoms with Crippen molar-refractivity contribution in [2.24, 2.45) is 0 Å². The van der Waals surface area contributed by atoms with Gasteiger partial charge in [0.05, 0.1) is 0 Å². The molecule has 0 saturated heterocycles. The van der Waals surface area contributed by atoms with Gasteiger partial charge in [-0.1, -0.05) is 11.3 Å². The van der Waals surface area contributed by atoms with E-state index in [-0.39, 0.29) is 17.5 Å². The van der Waals surface area contributed by atoms with Crippen LogP contribution in [0.5, 0.6) is 0 Å². The first kappa shape index (κ1) is 14.3. The Morgan fingerprint density at radius 2 is 2.10 bits per heavy atom. The molecule has 0 bridgehead atoms. The van der Waals surface area contributed by atoms with Crippen LogP contribution in [-0.2, 0) is 0 Å². The first-order valence-corrected chi connectivity index (χ1v) is 6.90. The Morgan fingerprint density at radius 3 is 2.60 bits per heavy atom. The van der Waals surface area contributed by atoms with Crippen molar-refractivity contribution in [2.75, 3.05) is 29.5 Å². The van der Waals surface area contributed by atoms with Gasteiger partial charge in [0.25, 0.3) is 5.91 Å². The first-order valence-electron chi connectivity index (χ1n) is 6.08. The average molecular weight is 294 g/mol. The minimum absolute atomic E-state index is 0.199. The van der Waals surface area contributed by atoms with Crippen LogP contribution in [0.15, 0.2) is 24.3 Å². The molecule has 2 rings (SSSR count). The minimum atomic E-state index is -0.341. The van der Waals surface area contributed by atoms with Crippen LogP contribution in [0, 0.1) is 5.82 Å². The van der Waals surface area contributed by atoms with E-state index in [0.29, 0.717) is 22.2 Å². The van der Waals surface area contributed by atoms with Crippen LogP contribution in [0.25, 0.3) is 0 Å². The molecule has 1 aromatic carbocycles. The quantitative estimate of drug-likeness (QED) is 0.909. The molecular weight excluding hydrogens is 279 g/mol. The van der Waals surface area contributed by atoms with Gasteiger partial charge in [-0.15, -0.1) is 0 Å². The van der Waals surface area contributed by atoms with Crippen LogP contribution >= 0.6 is 11.3 Å². The lowest BCUT2D eigenvalue weighted by Crippen LogP contribution is -2.30. The second-order valence-corrected chi connectivity index (χ2v) is 5.01. The lowest BCUT2D eigenvalue weighted by molar-refractivity contribution is 0.0993. The van der Waals surface area contributed by atoms with Crippen LogP contribution in [-0.4, -0.2) is 24.5 Å². The van der Waals surface area contributed by atoms with E-state index in [1.165, 1.54) is 28.4 Å². The van der Waals surface area contributed by atoms with Crippen molar-refractivity contribution in [1.82, 2.24) is 4.98 Å². The lowest BCUT2D eigenvalue weighted by atomic mass is 10.2. The number of aromatic nitrogens is 1. The molecule has 0 spiro atoms. The van der Waals surface area contributed by atoms with Crippen molar-refractivity contribution in [1.29, 1.82) is 0 Å². The molecule has 0 aliphatic heterocycles. The predicted molar refractivity (Wildman–Crippen MR) is 79.8 cm³/mol. The molecule has 7 heteroatoms. The normalized spacial score (nSPS) is 10.3. The molecule has 0 saturated carbocycles. The number of nitrogen functional groups attached to an aromatic ring is 1. The van der Waals surface area contributed by atoms with E-state index in [9.17, 15) is 9.18 Å². The number of benzene rings is 1. The molecule has 0 atom stereocenters. The largest absolute Gasteiger partial charge is 0.382 e. The Labute approximate surface area is 120 Å². The number of halogens is 1. The topological polar surface area (TPSA) is 71.2 Å². The van der Waals surface area contributed by atoms with E-state index in [1.807, 2.05) is 6.92 Å². The fraction of sp³-hybridized carbons (Fsp3) is 0.231. The number of hydrogen-bond acceptors (Lipinski definition) is 5. The van der Waals surface area contributed by atoms with E-state index in [4.69, 9.17) is 5.73 Å². The maximum atomic E-state index is 13.0. The number of hydrogen-bond donors (Lipinski definition) is 2. The fourth-order valence-corrected chi connectivity index (χ4v) is 2.57. The number of nitrogens with one attached hydrogen (secondary N) is 1. The smallest absolute Gasteiger partial charge is 0.272 e. The van der Waals surface area contributed by atoms with Gasteiger partial charge in [0, 0.05) is 19.3 Å². The van der Waals surface area contributed by atoms with Crippen LogP contribution in [0.1, 0.15) is 16.6 Å². The third kappa shape index (κ3) is 2.72. The zero-order valence-electron chi connectivity index (χ0n) is 11.2. The summed E-state index contributed by atoms with van der Waals surface area (Å²) < 4.78 is 13.0. The van der Waals surface area contributed by atoms with Gasteiger partial charge in [0.1, 0.15) is 16.5 Å². The van der Waals surface area contributed by atoms with Crippen LogP contribution in [0.3, 0.4) is 0 Å². The molecule has 0 radical (unpaired) electrons. The highest BCUT2D eigenvalue weighted by Gasteiger charge is 2.22. The molecule has 1 heterocycles. The van der Waals surface area contributed by atoms with Gasteiger partial charge in [0.15, 0.2) is 5.13 Å². The fourth-order valence-electron chi connectivity index (χ4n) is 1.78. The van der Waals surface area contributed by atoms with Gasteiger partial charge < -0.3 is 16.0 Å². The van der Waals surface area contributed by atoms with Crippen molar-refractivity contribution in [2.45, 2.75) is 6.92 Å². The summed E-state index contributed by atoms with van der Waals surface area (Å²) >= 11 is 1.20. The average Bonchev–Trinajstić information content (AvgIpc) is 2.83. The van der Waals surface area contributed by atoms with Crippen LogP contribution < -0.4 is 16.0 Å². The minimum Gasteiger partial charge on any atom is -0.382 e. The number of carbonyl (C=O) groups is 1. The molecule has 3 N–H and O–H groups in total. The molecule has 1 aromatic heterocycles. The maximum Gasteiger partial charge on any atom is 0.272 e. The number of nitrogens with zero attached hydrogens (tertiary/aromatic N) is 2. The highest BCUT2D eigenvalue weighted by atomic mass is 32.1. The van der Waals surface area contributed by atoms with Gasteiger partial charge >= 0.3 is 0 Å². The molecule has 5 nitrogen and oxygen atoms in total. The second-order valence-electron chi connectivity index (χ2n) is 4.01. The van der Waals surface area contributed by atoms with Crippen LogP contribution in [0.4, 0.5) is 21.0 Å². The number of carbonyl (C=O) groups excluding carboxylic acids is 1. The Kier molecular flexibility index (Phi) is 4.19. The number of anilines is 3. The zero-order valence-corrected chi connectivity index (χ0v) is 12.0. The van der Waals surface area contributed by atoms with Crippen molar-refractivity contribution in [3.8, 4) is 0 Å². The molecule has 2 aromatic rings. The SMILES string of the molecule is CCN(C(=O)c1sc(NC)nc1N)c1ccc(F)cc1. The third-order valence-corrected chi connectivity index (χ3v) is 3.84. The first-order chi connectivity index (χ1) is 9.56. The van der Waals surface area contributed by atoms with E-state index in [2.05, 4.69) is 10.3 Å². The molecule has 106 valence electrons. The second kappa shape index (κ2) is 5.87. The summed E-state index contributed by atoms with van der Waals surface area (Å²) in [6, 6.07) is 5.76. The van der Waals surface area contributed by atoms with Crippen molar-refractivity contribution in [3.63, 3.8) is 0 Å². The number of amides is 1. The molecule has 20 heavy (non-hydrogen) atoms. The summed E-state index contributed by atoms with van der Waals surface area (Å²) in [5, 5.41) is 3.44. The van der Waals surface area contributed by atoms with Crippen molar-refractivity contribution in [3.05, 3.63) is 35.0 Å². The molecular formula is C13H15FN4OS. The van der Waals surface area contributed by atoms with Gasteiger partial charge in [-0.05, 0) is 31.2 Å². The van der Waals surface area contributed by atoms with Crippen molar-refractivity contribution >= 4 is 33.9 Å². The summed E-state index contributed by atoms with van der Waals surface area (Å²) in [6.45, 7) is 2.30. The third-order valence-electron chi connectivity index (χ3n) is 2.76. The van der Waals surface area contributed by atoms with Gasteiger partial charge in [0.2, 0.25) is 0 Å². The number of thiazole rings is 1. The standard InChI is InChI=1S/C13H15FN4OS/c1-3-18(9-6-4-8(14)5-7-9)12(19)10-11(15)17-13(16-2)20-10/h4-7H,3,15H2,1-2H3,(H,16,17). The highest BCUT2D eigenvalue weighted by molar-refractivity contribution is 7.18. The highest BCUT2D eigenvalue weighted by Crippen LogP contribution is 2.27. The van der Waals surface area contributed by atoms with E-state index in [1.54, 1.807) is 19.2 Å². The Hall–Kier alpha value is -2.15. The van der Waals surface area contributed by atoms with Gasteiger partial charge in [-0.25, -0.2) is 9.37 Å². The molecule has 0 fully saturated rings. The Balaban J connectivity index is 2.33. The van der Waals surface area contributed by atoms with Crippen LogP contribution in [0.2, 0.25) is 0 Å².